The molecule has 6 nitrogen and oxygen atoms in total. The summed E-state index contributed by atoms with van der Waals surface area (Å²) in [6.07, 6.45) is 0. The average molecular weight is 703 g/mol. The minimum Gasteiger partial charge on any atom is -0.372 e. The van der Waals surface area contributed by atoms with Crippen molar-refractivity contribution in [2.24, 2.45) is 0 Å². The van der Waals surface area contributed by atoms with Gasteiger partial charge in [-0.25, -0.2) is 0 Å². The zero-order valence-corrected chi connectivity index (χ0v) is 33.6. The normalized spacial score (nSPS) is 13.9. The van der Waals surface area contributed by atoms with Crippen molar-refractivity contribution in [3.05, 3.63) is 119 Å². The third-order valence-electron chi connectivity index (χ3n) is 11.4. The Labute approximate surface area is 316 Å². The lowest BCUT2D eigenvalue weighted by atomic mass is 9.93. The molecule has 4 aromatic rings. The lowest BCUT2D eigenvalue weighted by molar-refractivity contribution is 0.0898. The standard InChI is InChI=1S/C46H66N6/c1-9-47(10-2)41-25-17-37(18-26-41)45(38-19-27-42(28-20-38)48(11-3)12-4)51-33-35-52(36-34-51)46(39-21-29-43(30-22-39)49(13-5)14-6)40-23-31-44(32-24-40)50(15-7)16-8/h17-32,45-46H,9-16,33-36H2,1-8H3. The van der Waals surface area contributed by atoms with E-state index in [1.54, 1.807) is 0 Å². The van der Waals surface area contributed by atoms with Crippen molar-refractivity contribution in [2.75, 3.05) is 98.1 Å². The Morgan fingerprint density at radius 3 is 0.654 bits per heavy atom. The van der Waals surface area contributed by atoms with Gasteiger partial charge in [-0.2, -0.15) is 0 Å². The molecule has 0 unspecified atom stereocenters. The molecule has 0 bridgehead atoms. The van der Waals surface area contributed by atoms with E-state index in [1.165, 1.54) is 45.0 Å². The third-order valence-corrected chi connectivity index (χ3v) is 11.4. The predicted molar refractivity (Wildman–Crippen MR) is 227 cm³/mol. The van der Waals surface area contributed by atoms with Crippen LogP contribution >= 0.6 is 0 Å². The van der Waals surface area contributed by atoms with E-state index in [1.807, 2.05) is 0 Å². The van der Waals surface area contributed by atoms with Crippen LogP contribution in [0.2, 0.25) is 0 Å². The van der Waals surface area contributed by atoms with Crippen LogP contribution in [0.4, 0.5) is 22.7 Å². The van der Waals surface area contributed by atoms with Gasteiger partial charge in [0.15, 0.2) is 0 Å². The van der Waals surface area contributed by atoms with Crippen molar-refractivity contribution in [3.8, 4) is 0 Å². The first-order valence-electron chi connectivity index (χ1n) is 20.3. The van der Waals surface area contributed by atoms with Crippen molar-refractivity contribution in [2.45, 2.75) is 67.5 Å². The van der Waals surface area contributed by atoms with Crippen LogP contribution in [0.25, 0.3) is 0 Å². The first-order valence-corrected chi connectivity index (χ1v) is 20.3. The highest BCUT2D eigenvalue weighted by Crippen LogP contribution is 2.36. The molecule has 0 aliphatic carbocycles. The van der Waals surface area contributed by atoms with Crippen LogP contribution in [-0.2, 0) is 0 Å². The van der Waals surface area contributed by atoms with E-state index in [0.29, 0.717) is 0 Å². The Balaban J connectivity index is 1.45. The molecular weight excluding hydrogens is 637 g/mol. The summed E-state index contributed by atoms with van der Waals surface area (Å²) in [6.45, 7) is 30.1. The molecule has 6 heteroatoms. The maximum Gasteiger partial charge on any atom is 0.0602 e. The molecular formula is C46H66N6. The Bertz CT molecular complexity index is 1340. The monoisotopic (exact) mass is 703 g/mol. The summed E-state index contributed by atoms with van der Waals surface area (Å²) in [6, 6.07) is 38.1. The molecule has 1 saturated heterocycles. The molecule has 0 N–H and O–H groups in total. The molecule has 5 rings (SSSR count). The number of hydrogen-bond acceptors (Lipinski definition) is 6. The van der Waals surface area contributed by atoms with E-state index < -0.39 is 0 Å². The van der Waals surface area contributed by atoms with Crippen molar-refractivity contribution >= 4 is 22.7 Å². The van der Waals surface area contributed by atoms with Gasteiger partial charge >= 0.3 is 0 Å². The highest BCUT2D eigenvalue weighted by molar-refractivity contribution is 5.53. The van der Waals surface area contributed by atoms with E-state index in [2.05, 4.69) is 182 Å². The van der Waals surface area contributed by atoms with Crippen LogP contribution in [0.3, 0.4) is 0 Å². The molecule has 0 saturated carbocycles. The number of hydrogen-bond donors (Lipinski definition) is 0. The molecule has 1 aliphatic rings. The second-order valence-electron chi connectivity index (χ2n) is 13.9. The summed E-state index contributed by atoms with van der Waals surface area (Å²) in [4.78, 5) is 15.2. The van der Waals surface area contributed by atoms with Crippen LogP contribution in [-0.4, -0.2) is 88.3 Å². The Morgan fingerprint density at radius 2 is 0.500 bits per heavy atom. The number of nitrogens with zero attached hydrogens (tertiary/aromatic N) is 6. The SMILES string of the molecule is CCN(CC)c1ccc(C(c2ccc(N(CC)CC)cc2)N2CCN(C(c3ccc(N(CC)CC)cc3)c3ccc(N(CC)CC)cc3)CC2)cc1. The first-order chi connectivity index (χ1) is 25.4. The number of benzene rings is 4. The van der Waals surface area contributed by atoms with Crippen molar-refractivity contribution in [1.29, 1.82) is 0 Å². The van der Waals surface area contributed by atoms with Gasteiger partial charge in [-0.1, -0.05) is 48.5 Å². The topological polar surface area (TPSA) is 19.4 Å². The van der Waals surface area contributed by atoms with Gasteiger partial charge in [0.2, 0.25) is 0 Å². The molecule has 52 heavy (non-hydrogen) atoms. The van der Waals surface area contributed by atoms with Gasteiger partial charge in [0.1, 0.15) is 0 Å². The number of rotatable bonds is 18. The second kappa shape index (κ2) is 19.2. The summed E-state index contributed by atoms with van der Waals surface area (Å²) < 4.78 is 0. The van der Waals surface area contributed by atoms with E-state index in [-0.39, 0.29) is 12.1 Å². The first kappa shape index (κ1) is 39.2. The van der Waals surface area contributed by atoms with Crippen LogP contribution in [0.15, 0.2) is 97.1 Å². The fraction of sp³-hybridized carbons (Fsp3) is 0.478. The third kappa shape index (κ3) is 8.95. The average Bonchev–Trinajstić information content (AvgIpc) is 3.20. The van der Waals surface area contributed by atoms with E-state index in [4.69, 9.17) is 0 Å². The van der Waals surface area contributed by atoms with Crippen molar-refractivity contribution in [1.82, 2.24) is 9.80 Å². The van der Waals surface area contributed by atoms with Crippen LogP contribution < -0.4 is 19.6 Å². The highest BCUT2D eigenvalue weighted by atomic mass is 15.3. The van der Waals surface area contributed by atoms with E-state index in [9.17, 15) is 0 Å². The zero-order valence-electron chi connectivity index (χ0n) is 33.6. The highest BCUT2D eigenvalue weighted by Gasteiger charge is 2.31. The smallest absolute Gasteiger partial charge is 0.0602 e. The maximum absolute atomic E-state index is 2.72. The summed E-state index contributed by atoms with van der Waals surface area (Å²) in [5.74, 6) is 0. The summed E-state index contributed by atoms with van der Waals surface area (Å²) in [5.41, 5.74) is 10.7. The molecule has 0 atom stereocenters. The molecule has 0 amide bonds. The summed E-state index contributed by atoms with van der Waals surface area (Å²) >= 11 is 0. The Kier molecular flexibility index (Phi) is 14.5. The largest absolute Gasteiger partial charge is 0.372 e. The lowest BCUT2D eigenvalue weighted by Crippen LogP contribution is -2.49. The van der Waals surface area contributed by atoms with Gasteiger partial charge in [0.05, 0.1) is 12.1 Å². The quantitative estimate of drug-likeness (QED) is 0.102. The van der Waals surface area contributed by atoms with Gasteiger partial charge in [-0.3, -0.25) is 9.80 Å². The van der Waals surface area contributed by atoms with Crippen molar-refractivity contribution < 1.29 is 0 Å². The molecule has 280 valence electrons. The predicted octanol–water partition coefficient (Wildman–Crippen LogP) is 9.57. The Morgan fingerprint density at radius 1 is 0.327 bits per heavy atom. The van der Waals surface area contributed by atoms with Gasteiger partial charge in [-0.15, -0.1) is 0 Å². The summed E-state index contributed by atoms with van der Waals surface area (Å²) in [7, 11) is 0. The van der Waals surface area contributed by atoms with Gasteiger partial charge < -0.3 is 19.6 Å². The fourth-order valence-electron chi connectivity index (χ4n) is 8.31. The summed E-state index contributed by atoms with van der Waals surface area (Å²) in [5, 5.41) is 0. The number of anilines is 4. The van der Waals surface area contributed by atoms with Gasteiger partial charge in [0, 0.05) is 101 Å². The zero-order chi connectivity index (χ0) is 37.0. The second-order valence-corrected chi connectivity index (χ2v) is 13.9. The minimum absolute atomic E-state index is 0.207. The molecule has 1 fully saturated rings. The molecule has 0 spiro atoms. The van der Waals surface area contributed by atoms with Gasteiger partial charge in [-0.05, 0) is 126 Å². The van der Waals surface area contributed by atoms with E-state index >= 15 is 0 Å². The Hall–Kier alpha value is -4.00. The molecule has 4 aromatic carbocycles. The minimum atomic E-state index is 0.207. The molecule has 0 radical (unpaired) electrons. The fourth-order valence-corrected chi connectivity index (χ4v) is 8.31. The molecule has 0 aromatic heterocycles. The lowest BCUT2D eigenvalue weighted by Gasteiger charge is -2.43. The van der Waals surface area contributed by atoms with Crippen LogP contribution in [0.1, 0.15) is 89.7 Å². The van der Waals surface area contributed by atoms with Crippen LogP contribution in [0.5, 0.6) is 0 Å². The van der Waals surface area contributed by atoms with Crippen molar-refractivity contribution in [3.63, 3.8) is 0 Å². The molecule has 1 aliphatic heterocycles. The number of piperazine rings is 1. The van der Waals surface area contributed by atoms with Gasteiger partial charge in [0.25, 0.3) is 0 Å². The maximum atomic E-state index is 2.72. The van der Waals surface area contributed by atoms with E-state index in [0.717, 1.165) is 78.5 Å². The van der Waals surface area contributed by atoms with Crippen LogP contribution in [0, 0.1) is 0 Å². The molecule has 1 heterocycles.